The van der Waals surface area contributed by atoms with Gasteiger partial charge in [0.15, 0.2) is 0 Å². The highest BCUT2D eigenvalue weighted by Crippen LogP contribution is 2.34. The van der Waals surface area contributed by atoms with E-state index in [2.05, 4.69) is 12.1 Å². The molecule has 3 aromatic carbocycles. The largest absolute Gasteiger partial charge is 0.507 e. The number of sulfonamides is 1. The molecule has 5 rings (SSSR count). The van der Waals surface area contributed by atoms with Gasteiger partial charge in [-0.3, -0.25) is 4.79 Å². The van der Waals surface area contributed by atoms with Gasteiger partial charge in [-0.2, -0.15) is 9.57 Å². The predicted molar refractivity (Wildman–Crippen MR) is 152 cm³/mol. The quantitative estimate of drug-likeness (QED) is 0.386. The number of carboxylic acids is 1. The number of benzene rings is 3. The van der Waals surface area contributed by atoms with Gasteiger partial charge in [0.2, 0.25) is 15.9 Å². The molecule has 0 spiro atoms. The number of carbonyl (C=O) groups excluding carboxylic acids is 1. The third-order valence-electron chi connectivity index (χ3n) is 8.01. The number of nitrogens with zero attached hydrogens (tertiary/aromatic N) is 3. The summed E-state index contributed by atoms with van der Waals surface area (Å²) in [6, 6.07) is 18.5. The van der Waals surface area contributed by atoms with Crippen LogP contribution in [-0.2, 0) is 21.4 Å². The monoisotopic (exact) mass is 573 g/mol. The number of hydrogen-bond donors (Lipinski definition) is 2. The van der Waals surface area contributed by atoms with Gasteiger partial charge in [0, 0.05) is 18.3 Å². The fourth-order valence-electron chi connectivity index (χ4n) is 5.62. The molecule has 2 aliphatic rings. The van der Waals surface area contributed by atoms with Crippen molar-refractivity contribution in [2.45, 2.75) is 61.9 Å². The van der Waals surface area contributed by atoms with Crippen molar-refractivity contribution in [3.63, 3.8) is 0 Å². The molecule has 9 nitrogen and oxygen atoms in total. The normalized spacial score (nSPS) is 17.8. The molecular formula is C31H31N3O6S. The van der Waals surface area contributed by atoms with Crippen molar-refractivity contribution >= 4 is 27.6 Å². The highest BCUT2D eigenvalue weighted by molar-refractivity contribution is 7.89. The number of hydrogen-bond acceptors (Lipinski definition) is 6. The van der Waals surface area contributed by atoms with Gasteiger partial charge in [0.05, 0.1) is 23.1 Å². The van der Waals surface area contributed by atoms with Gasteiger partial charge in [-0.05, 0) is 66.6 Å². The van der Waals surface area contributed by atoms with E-state index in [4.69, 9.17) is 0 Å². The van der Waals surface area contributed by atoms with Crippen molar-refractivity contribution < 1.29 is 28.2 Å². The predicted octanol–water partition coefficient (Wildman–Crippen LogP) is 5.01. The lowest BCUT2D eigenvalue weighted by molar-refractivity contribution is -0.125. The van der Waals surface area contributed by atoms with E-state index in [1.165, 1.54) is 72.2 Å². The molecular weight excluding hydrogens is 542 g/mol. The molecule has 2 fully saturated rings. The number of amides is 1. The number of phenols is 1. The van der Waals surface area contributed by atoms with Crippen molar-refractivity contribution in [1.82, 2.24) is 4.31 Å². The van der Waals surface area contributed by atoms with Crippen molar-refractivity contribution in [2.75, 3.05) is 11.4 Å². The van der Waals surface area contributed by atoms with Crippen LogP contribution in [0.2, 0.25) is 0 Å². The van der Waals surface area contributed by atoms with E-state index < -0.39 is 33.7 Å². The SMILES string of the molecule is N#Cc1cccc(S(=O)(=O)N2CC[C@@H]2C(=O)N(Cc2ccc(C3CCCCC3)cc2)c2ccc(C(=O)O)c(O)c2)c1. The number of nitriles is 1. The molecule has 1 aliphatic heterocycles. The van der Waals surface area contributed by atoms with E-state index in [1.807, 2.05) is 18.2 Å². The Balaban J connectivity index is 1.44. The van der Waals surface area contributed by atoms with Crippen molar-refractivity contribution in [1.29, 1.82) is 5.26 Å². The van der Waals surface area contributed by atoms with Crippen LogP contribution in [0.3, 0.4) is 0 Å². The first kappa shape index (κ1) is 28.3. The summed E-state index contributed by atoms with van der Waals surface area (Å²) in [4.78, 5) is 26.7. The van der Waals surface area contributed by atoms with Crippen LogP contribution in [-0.4, -0.2) is 47.4 Å². The fourth-order valence-corrected chi connectivity index (χ4v) is 7.29. The van der Waals surface area contributed by atoms with E-state index in [-0.39, 0.29) is 34.8 Å². The Bertz CT molecular complexity index is 1610. The molecule has 3 aromatic rings. The zero-order valence-corrected chi connectivity index (χ0v) is 23.3. The highest BCUT2D eigenvalue weighted by Gasteiger charge is 2.45. The van der Waals surface area contributed by atoms with Gasteiger partial charge in [-0.1, -0.05) is 49.6 Å². The fraction of sp³-hybridized carbons (Fsp3) is 0.323. The minimum atomic E-state index is -4.05. The summed E-state index contributed by atoms with van der Waals surface area (Å²) in [6.45, 7) is 0.243. The Kier molecular flexibility index (Phi) is 8.10. The molecule has 1 saturated carbocycles. The number of carbonyl (C=O) groups is 2. The maximum atomic E-state index is 14.0. The average Bonchev–Trinajstić information content (AvgIpc) is 2.95. The number of carboxylic acid groups (broad SMARTS) is 1. The lowest BCUT2D eigenvalue weighted by Crippen LogP contribution is -2.58. The number of rotatable bonds is 8. The molecule has 1 saturated heterocycles. The van der Waals surface area contributed by atoms with Gasteiger partial charge in [-0.15, -0.1) is 0 Å². The van der Waals surface area contributed by atoms with E-state index in [0.29, 0.717) is 12.3 Å². The second kappa shape index (κ2) is 11.7. The Morgan fingerprint density at radius 1 is 0.976 bits per heavy atom. The van der Waals surface area contributed by atoms with Crippen LogP contribution in [0.15, 0.2) is 71.6 Å². The van der Waals surface area contributed by atoms with Crippen LogP contribution < -0.4 is 4.90 Å². The summed E-state index contributed by atoms with van der Waals surface area (Å²) in [7, 11) is -4.05. The van der Waals surface area contributed by atoms with E-state index in [0.717, 1.165) is 22.7 Å². The van der Waals surface area contributed by atoms with Crippen molar-refractivity contribution in [3.8, 4) is 11.8 Å². The zero-order chi connectivity index (χ0) is 29.1. The molecule has 1 heterocycles. The minimum Gasteiger partial charge on any atom is -0.507 e. The molecule has 0 radical (unpaired) electrons. The first-order valence-corrected chi connectivity index (χ1v) is 15.1. The van der Waals surface area contributed by atoms with Crippen LogP contribution >= 0.6 is 0 Å². The van der Waals surface area contributed by atoms with E-state index in [9.17, 15) is 33.5 Å². The smallest absolute Gasteiger partial charge is 0.339 e. The van der Waals surface area contributed by atoms with Crippen LogP contribution in [0.1, 0.15) is 71.5 Å². The lowest BCUT2D eigenvalue weighted by Gasteiger charge is -2.41. The van der Waals surface area contributed by atoms with Crippen molar-refractivity contribution in [2.24, 2.45) is 0 Å². The maximum Gasteiger partial charge on any atom is 0.339 e. The molecule has 0 unspecified atom stereocenters. The van der Waals surface area contributed by atoms with E-state index >= 15 is 0 Å². The van der Waals surface area contributed by atoms with Gasteiger partial charge >= 0.3 is 5.97 Å². The minimum absolute atomic E-state index is 0.0673. The van der Waals surface area contributed by atoms with E-state index in [1.54, 1.807) is 0 Å². The Hall–Kier alpha value is -4.20. The van der Waals surface area contributed by atoms with Gasteiger partial charge in [0.25, 0.3) is 0 Å². The summed E-state index contributed by atoms with van der Waals surface area (Å²) in [5.74, 6) is -1.77. The molecule has 10 heteroatoms. The Labute approximate surface area is 239 Å². The van der Waals surface area contributed by atoms with Gasteiger partial charge in [-0.25, -0.2) is 13.2 Å². The molecule has 1 aliphatic carbocycles. The molecule has 1 atom stereocenters. The third kappa shape index (κ3) is 5.82. The topological polar surface area (TPSA) is 139 Å². The molecule has 1 amide bonds. The average molecular weight is 574 g/mol. The summed E-state index contributed by atoms with van der Waals surface area (Å²) in [6.07, 6.45) is 6.30. The zero-order valence-electron chi connectivity index (χ0n) is 22.4. The van der Waals surface area contributed by atoms with Crippen LogP contribution in [0.25, 0.3) is 0 Å². The second-order valence-corrected chi connectivity index (χ2v) is 12.5. The Morgan fingerprint density at radius 3 is 2.32 bits per heavy atom. The van der Waals surface area contributed by atoms with Crippen LogP contribution in [0, 0.1) is 11.3 Å². The second-order valence-electron chi connectivity index (χ2n) is 10.6. The summed E-state index contributed by atoms with van der Waals surface area (Å²) < 4.78 is 28.0. The summed E-state index contributed by atoms with van der Waals surface area (Å²) in [5.41, 5.74) is 2.22. The number of aromatic carboxylic acids is 1. The van der Waals surface area contributed by atoms with Gasteiger partial charge in [0.1, 0.15) is 17.4 Å². The lowest BCUT2D eigenvalue weighted by atomic mass is 9.84. The molecule has 2 N–H and O–H groups in total. The van der Waals surface area contributed by atoms with Gasteiger partial charge < -0.3 is 15.1 Å². The summed E-state index contributed by atoms with van der Waals surface area (Å²) in [5, 5.41) is 28.9. The summed E-state index contributed by atoms with van der Waals surface area (Å²) >= 11 is 0. The molecule has 0 aromatic heterocycles. The highest BCUT2D eigenvalue weighted by atomic mass is 32.2. The van der Waals surface area contributed by atoms with Crippen LogP contribution in [0.4, 0.5) is 5.69 Å². The number of anilines is 1. The maximum absolute atomic E-state index is 14.0. The third-order valence-corrected chi connectivity index (χ3v) is 9.92. The molecule has 0 bridgehead atoms. The van der Waals surface area contributed by atoms with Crippen molar-refractivity contribution in [3.05, 3.63) is 89.0 Å². The standard InChI is InChI=1S/C31H31N3O6S/c32-19-22-5-4-8-26(17-22)41(39,40)34-16-15-28(34)30(36)33(25-13-14-27(31(37)38)29(35)18-25)20-21-9-11-24(12-10-21)23-6-2-1-3-7-23/h4-5,8-14,17-18,23,28,35H,1-3,6-7,15-16,20H2,(H,37,38)/t28-/m1/s1. The molecule has 212 valence electrons. The molecule has 41 heavy (non-hydrogen) atoms. The van der Waals surface area contributed by atoms with Crippen LogP contribution in [0.5, 0.6) is 5.75 Å². The first-order chi connectivity index (χ1) is 19.7. The first-order valence-electron chi connectivity index (χ1n) is 13.7. The number of aromatic hydroxyl groups is 1. The Morgan fingerprint density at radius 2 is 1.71 bits per heavy atom.